The van der Waals surface area contributed by atoms with Gasteiger partial charge in [0.25, 0.3) is 0 Å². The monoisotopic (exact) mass is 352 g/mol. The molecule has 25 heavy (non-hydrogen) atoms. The van der Waals surface area contributed by atoms with Gasteiger partial charge >= 0.3 is 5.97 Å². The second-order valence-corrected chi connectivity index (χ2v) is 9.18. The van der Waals surface area contributed by atoms with Crippen molar-refractivity contribution >= 4 is 5.97 Å². The van der Waals surface area contributed by atoms with E-state index in [1.165, 1.54) is 18.3 Å². The molecule has 0 bridgehead atoms. The highest BCUT2D eigenvalue weighted by molar-refractivity contribution is 5.69. The molecule has 2 aliphatic rings. The number of hydrogen-bond acceptors (Lipinski definition) is 4. The van der Waals surface area contributed by atoms with Crippen molar-refractivity contribution in [1.82, 2.24) is 0 Å². The smallest absolute Gasteiger partial charge is 0.305 e. The van der Waals surface area contributed by atoms with E-state index in [2.05, 4.69) is 34.6 Å². The van der Waals surface area contributed by atoms with Gasteiger partial charge in [-0.2, -0.15) is 0 Å². The first-order valence-corrected chi connectivity index (χ1v) is 9.70. The first-order chi connectivity index (χ1) is 11.5. The third-order valence-corrected chi connectivity index (χ3v) is 7.16. The average Bonchev–Trinajstić information content (AvgIpc) is 2.55. The second-order valence-electron chi connectivity index (χ2n) is 9.18. The number of aliphatic hydroxyl groups is 2. The van der Waals surface area contributed by atoms with E-state index in [9.17, 15) is 15.0 Å². The summed E-state index contributed by atoms with van der Waals surface area (Å²) >= 11 is 0. The zero-order chi connectivity index (χ0) is 19.0. The molecule has 0 unspecified atom stereocenters. The molecule has 0 aliphatic heterocycles. The van der Waals surface area contributed by atoms with Gasteiger partial charge in [0.1, 0.15) is 0 Å². The third kappa shape index (κ3) is 3.80. The van der Waals surface area contributed by atoms with Crippen LogP contribution in [0.1, 0.15) is 73.1 Å². The minimum atomic E-state index is -0.692. The molecular formula is C21H36O4. The van der Waals surface area contributed by atoms with E-state index in [4.69, 9.17) is 4.74 Å². The zero-order valence-corrected chi connectivity index (χ0v) is 16.8. The van der Waals surface area contributed by atoms with E-state index in [1.807, 2.05) is 0 Å². The molecule has 0 saturated heterocycles. The fourth-order valence-corrected chi connectivity index (χ4v) is 4.93. The van der Waals surface area contributed by atoms with Crippen molar-refractivity contribution in [2.45, 2.75) is 85.4 Å². The van der Waals surface area contributed by atoms with Crippen LogP contribution in [0.15, 0.2) is 11.1 Å². The number of rotatable bonds is 5. The standard InChI is InChI=1S/C21H36O4/c1-13(11-18(23)25-6)9-10-21(5)14(2)7-8-15-16(21)12-17(22)19(24)20(15,3)4/h13-14,17,19,22,24H,7-12H2,1-6H3/t13-,14-,17+,19+,21+/m1/s1. The van der Waals surface area contributed by atoms with Gasteiger partial charge in [0.2, 0.25) is 0 Å². The van der Waals surface area contributed by atoms with Gasteiger partial charge in [-0.25, -0.2) is 0 Å². The number of hydrogen-bond donors (Lipinski definition) is 2. The molecule has 0 aromatic rings. The van der Waals surface area contributed by atoms with Gasteiger partial charge in [-0.3, -0.25) is 4.79 Å². The SMILES string of the molecule is COC(=O)C[C@H](C)CC[C@]1(C)C2=C(CC[C@H]1C)C(C)(C)[C@@H](O)[C@@H](O)C2. The van der Waals surface area contributed by atoms with Crippen molar-refractivity contribution in [3.05, 3.63) is 11.1 Å². The summed E-state index contributed by atoms with van der Waals surface area (Å²) in [6, 6.07) is 0. The first-order valence-electron chi connectivity index (χ1n) is 9.70. The summed E-state index contributed by atoms with van der Waals surface area (Å²) in [5.74, 6) is 0.677. The Hall–Kier alpha value is -0.870. The van der Waals surface area contributed by atoms with Crippen molar-refractivity contribution in [2.75, 3.05) is 7.11 Å². The van der Waals surface area contributed by atoms with Crippen molar-refractivity contribution in [1.29, 1.82) is 0 Å². The van der Waals surface area contributed by atoms with Crippen LogP contribution in [0.2, 0.25) is 0 Å². The topological polar surface area (TPSA) is 66.8 Å². The number of ether oxygens (including phenoxy) is 1. The molecule has 4 heteroatoms. The Morgan fingerprint density at radius 2 is 1.92 bits per heavy atom. The molecule has 2 aliphatic carbocycles. The molecular weight excluding hydrogens is 316 g/mol. The molecule has 0 aromatic carbocycles. The quantitative estimate of drug-likeness (QED) is 0.582. The molecule has 2 rings (SSSR count). The van der Waals surface area contributed by atoms with E-state index in [0.717, 1.165) is 25.7 Å². The van der Waals surface area contributed by atoms with Crippen molar-refractivity contribution < 1.29 is 19.7 Å². The van der Waals surface area contributed by atoms with Crippen LogP contribution < -0.4 is 0 Å². The molecule has 0 saturated carbocycles. The Morgan fingerprint density at radius 3 is 2.52 bits per heavy atom. The number of aliphatic hydroxyl groups excluding tert-OH is 2. The Balaban J connectivity index is 2.25. The van der Waals surface area contributed by atoms with Crippen LogP contribution in [-0.4, -0.2) is 35.5 Å². The Bertz CT molecular complexity index is 536. The van der Waals surface area contributed by atoms with E-state index in [-0.39, 0.29) is 22.7 Å². The number of carbonyl (C=O) groups is 1. The summed E-state index contributed by atoms with van der Waals surface area (Å²) < 4.78 is 4.79. The molecule has 2 N–H and O–H groups in total. The Morgan fingerprint density at radius 1 is 1.28 bits per heavy atom. The van der Waals surface area contributed by atoms with E-state index in [1.54, 1.807) is 0 Å². The fourth-order valence-electron chi connectivity index (χ4n) is 4.93. The maximum absolute atomic E-state index is 11.5. The normalized spacial score (nSPS) is 35.9. The van der Waals surface area contributed by atoms with Gasteiger partial charge in [-0.05, 0) is 49.4 Å². The van der Waals surface area contributed by atoms with Crippen LogP contribution in [-0.2, 0) is 9.53 Å². The highest BCUT2D eigenvalue weighted by Crippen LogP contribution is 2.57. The maximum atomic E-state index is 11.5. The molecule has 144 valence electrons. The molecule has 0 fully saturated rings. The lowest BCUT2D eigenvalue weighted by molar-refractivity contribution is -0.141. The van der Waals surface area contributed by atoms with Crippen molar-refractivity contribution in [3.8, 4) is 0 Å². The Kier molecular flexibility index (Phi) is 6.05. The number of methoxy groups -OCH3 is 1. The van der Waals surface area contributed by atoms with Crippen LogP contribution in [0.4, 0.5) is 0 Å². The van der Waals surface area contributed by atoms with Gasteiger partial charge in [0.05, 0.1) is 19.3 Å². The highest BCUT2D eigenvalue weighted by atomic mass is 16.5. The van der Waals surface area contributed by atoms with Gasteiger partial charge in [-0.1, -0.05) is 45.8 Å². The summed E-state index contributed by atoms with van der Waals surface area (Å²) in [4.78, 5) is 11.5. The van der Waals surface area contributed by atoms with E-state index < -0.39 is 12.2 Å². The first kappa shape index (κ1) is 20.4. The molecule has 0 amide bonds. The fraction of sp³-hybridized carbons (Fsp3) is 0.857. The summed E-state index contributed by atoms with van der Waals surface area (Å²) in [6.07, 6.45) is 3.75. The second kappa shape index (κ2) is 7.40. The molecule has 4 nitrogen and oxygen atoms in total. The third-order valence-electron chi connectivity index (χ3n) is 7.16. The van der Waals surface area contributed by atoms with Crippen LogP contribution in [0.25, 0.3) is 0 Å². The molecule has 0 spiro atoms. The molecule has 0 aromatic heterocycles. The molecule has 0 radical (unpaired) electrons. The van der Waals surface area contributed by atoms with Gasteiger partial charge in [-0.15, -0.1) is 0 Å². The zero-order valence-electron chi connectivity index (χ0n) is 16.8. The van der Waals surface area contributed by atoms with E-state index in [0.29, 0.717) is 18.8 Å². The van der Waals surface area contributed by atoms with Gasteiger partial charge < -0.3 is 14.9 Å². The van der Waals surface area contributed by atoms with Crippen LogP contribution in [0.5, 0.6) is 0 Å². The van der Waals surface area contributed by atoms with Crippen LogP contribution >= 0.6 is 0 Å². The van der Waals surface area contributed by atoms with Gasteiger partial charge in [0.15, 0.2) is 0 Å². The Labute approximate surface area is 152 Å². The predicted molar refractivity (Wildman–Crippen MR) is 99.0 cm³/mol. The number of carbonyl (C=O) groups excluding carboxylic acids is 1. The molecule has 5 atom stereocenters. The summed E-state index contributed by atoms with van der Waals surface area (Å²) in [5.41, 5.74) is 2.37. The van der Waals surface area contributed by atoms with Gasteiger partial charge in [0, 0.05) is 11.8 Å². The van der Waals surface area contributed by atoms with E-state index >= 15 is 0 Å². The summed E-state index contributed by atoms with van der Waals surface area (Å²) in [6.45, 7) is 10.8. The summed E-state index contributed by atoms with van der Waals surface area (Å²) in [5, 5.41) is 20.9. The average molecular weight is 353 g/mol. The lowest BCUT2D eigenvalue weighted by Gasteiger charge is -2.52. The van der Waals surface area contributed by atoms with Crippen LogP contribution in [0.3, 0.4) is 0 Å². The van der Waals surface area contributed by atoms with Crippen molar-refractivity contribution in [2.24, 2.45) is 22.7 Å². The van der Waals surface area contributed by atoms with Crippen LogP contribution in [0, 0.1) is 22.7 Å². The summed E-state index contributed by atoms with van der Waals surface area (Å²) in [7, 11) is 1.44. The van der Waals surface area contributed by atoms with Crippen molar-refractivity contribution in [3.63, 3.8) is 0 Å². The lowest BCUT2D eigenvalue weighted by Crippen LogP contribution is -2.49. The maximum Gasteiger partial charge on any atom is 0.305 e. The largest absolute Gasteiger partial charge is 0.469 e. The molecule has 0 heterocycles. The highest BCUT2D eigenvalue weighted by Gasteiger charge is 2.50. The lowest BCUT2D eigenvalue weighted by atomic mass is 9.54. The minimum Gasteiger partial charge on any atom is -0.469 e. The predicted octanol–water partition coefficient (Wildman–Crippen LogP) is 3.85. The number of esters is 1. The minimum absolute atomic E-state index is 0.0242.